The third-order valence-electron chi connectivity index (χ3n) is 8.24. The molecule has 0 spiro atoms. The fourth-order valence-corrected chi connectivity index (χ4v) is 6.11. The van der Waals surface area contributed by atoms with E-state index < -0.39 is 23.1 Å². The molecule has 1 N–H and O–H groups in total. The van der Waals surface area contributed by atoms with Gasteiger partial charge in [0.1, 0.15) is 22.4 Å². The van der Waals surface area contributed by atoms with Crippen LogP contribution in [0.3, 0.4) is 0 Å². The highest BCUT2D eigenvalue weighted by atomic mass is 35.5. The van der Waals surface area contributed by atoms with Gasteiger partial charge in [-0.2, -0.15) is 0 Å². The number of rotatable bonds is 6. The lowest BCUT2D eigenvalue weighted by atomic mass is 9.98. The maximum atomic E-state index is 16.2. The Morgan fingerprint density at radius 2 is 1.76 bits per heavy atom. The number of carbonyl (C=O) groups excluding carboxylic acids is 1. The molecule has 2 atom stereocenters. The number of hydrogen-bond donors (Lipinski definition) is 1. The van der Waals surface area contributed by atoms with Gasteiger partial charge in [-0.05, 0) is 79.1 Å². The first kappa shape index (κ1) is 28.2. The summed E-state index contributed by atoms with van der Waals surface area (Å²) >= 11 is 6.60. The minimum atomic E-state index is -0.924. The van der Waals surface area contributed by atoms with Crippen molar-refractivity contribution < 1.29 is 23.1 Å². The Hall–Kier alpha value is -3.95. The lowest BCUT2D eigenvalue weighted by Gasteiger charge is -2.38. The highest BCUT2D eigenvalue weighted by Crippen LogP contribution is 2.55. The number of aryl methyl sites for hydroxylation is 2. The van der Waals surface area contributed by atoms with E-state index in [0.717, 1.165) is 12.0 Å². The molecule has 1 saturated carbocycles. The molecule has 0 bridgehead atoms. The largest absolute Gasteiger partial charge is 0.396 e. The number of aliphatic hydroxyl groups excluding tert-OH is 1. The summed E-state index contributed by atoms with van der Waals surface area (Å²) in [6.07, 6.45) is 2.09. The first-order valence-corrected chi connectivity index (χ1v) is 14.0. The summed E-state index contributed by atoms with van der Waals surface area (Å²) in [5.74, 6) is -2.72. The van der Waals surface area contributed by atoms with E-state index in [0.29, 0.717) is 29.9 Å². The topological polar surface area (TPSA) is 75.4 Å². The average Bonchev–Trinajstić information content (AvgIpc) is 3.73. The summed E-state index contributed by atoms with van der Waals surface area (Å²) in [5.41, 5.74) is 0.856. The minimum absolute atomic E-state index is 0.0311. The van der Waals surface area contributed by atoms with E-state index >= 15 is 8.78 Å². The van der Waals surface area contributed by atoms with Gasteiger partial charge < -0.3 is 10.0 Å². The van der Waals surface area contributed by atoms with Gasteiger partial charge in [0.15, 0.2) is 5.82 Å². The van der Waals surface area contributed by atoms with Crippen LogP contribution in [-0.4, -0.2) is 45.2 Å². The Kier molecular flexibility index (Phi) is 7.19. The van der Waals surface area contributed by atoms with Crippen LogP contribution in [0.4, 0.5) is 13.2 Å². The quantitative estimate of drug-likeness (QED) is 0.301. The molecular weight excluding hydrogens is 567 g/mol. The standard InChI is InChI=1S/C32H27ClF3N3O3/c1-16-12-37-29(21-4-3-5-22(27(21)35)31(41)38-13-18(14-38)15-40)28(36)30(16)39-17(2)10-25(26(33)32(39)42)24-11-23(24)19-6-8-20(34)9-7-19/h3-10,12,18,23-24,40H,11,13-15H2,1-2H3/t23-,24+/m1/s1. The van der Waals surface area contributed by atoms with Crippen LogP contribution in [0, 0.1) is 37.2 Å². The highest BCUT2D eigenvalue weighted by molar-refractivity contribution is 6.31. The van der Waals surface area contributed by atoms with E-state index in [1.165, 1.54) is 46.0 Å². The van der Waals surface area contributed by atoms with Crippen LogP contribution in [-0.2, 0) is 0 Å². The van der Waals surface area contributed by atoms with Gasteiger partial charge in [0.25, 0.3) is 11.5 Å². The van der Waals surface area contributed by atoms with E-state index in [2.05, 4.69) is 4.98 Å². The highest BCUT2D eigenvalue weighted by Gasteiger charge is 2.41. The summed E-state index contributed by atoms with van der Waals surface area (Å²) in [7, 11) is 0. The molecule has 6 nitrogen and oxygen atoms in total. The van der Waals surface area contributed by atoms with Gasteiger partial charge in [0.2, 0.25) is 0 Å². The summed E-state index contributed by atoms with van der Waals surface area (Å²) in [6.45, 7) is 3.82. The molecule has 2 aliphatic rings. The van der Waals surface area contributed by atoms with Crippen LogP contribution in [0.5, 0.6) is 0 Å². The molecule has 2 aromatic heterocycles. The Labute approximate surface area is 245 Å². The predicted molar refractivity (Wildman–Crippen MR) is 153 cm³/mol. The van der Waals surface area contributed by atoms with Crippen molar-refractivity contribution in [1.82, 2.24) is 14.5 Å². The molecule has 1 amide bonds. The molecule has 4 aromatic rings. The fourth-order valence-electron chi connectivity index (χ4n) is 5.83. The van der Waals surface area contributed by atoms with E-state index in [1.54, 1.807) is 32.0 Å². The molecule has 1 aliphatic heterocycles. The Morgan fingerprint density at radius 1 is 1.05 bits per heavy atom. The van der Waals surface area contributed by atoms with Gasteiger partial charge in [-0.1, -0.05) is 29.8 Å². The summed E-state index contributed by atoms with van der Waals surface area (Å²) < 4.78 is 46.5. The number of carbonyl (C=O) groups is 1. The molecule has 1 aliphatic carbocycles. The monoisotopic (exact) mass is 593 g/mol. The van der Waals surface area contributed by atoms with E-state index in [-0.39, 0.29) is 57.7 Å². The molecule has 2 fully saturated rings. The number of hydrogen-bond acceptors (Lipinski definition) is 4. The van der Waals surface area contributed by atoms with Crippen molar-refractivity contribution in [3.05, 3.63) is 116 Å². The third kappa shape index (κ3) is 4.70. The predicted octanol–water partition coefficient (Wildman–Crippen LogP) is 5.92. The molecular formula is C32H27ClF3N3O3. The molecule has 10 heteroatoms. The van der Waals surface area contributed by atoms with Crippen molar-refractivity contribution in [1.29, 1.82) is 0 Å². The molecule has 6 rings (SSSR count). The second-order valence-electron chi connectivity index (χ2n) is 11.1. The smallest absolute Gasteiger partial charge is 0.274 e. The number of aromatic nitrogens is 2. The number of nitrogens with zero attached hydrogens (tertiary/aromatic N) is 3. The van der Waals surface area contributed by atoms with Gasteiger partial charge in [-0.25, -0.2) is 13.2 Å². The van der Waals surface area contributed by atoms with Crippen molar-refractivity contribution in [2.24, 2.45) is 5.92 Å². The normalized spacial score (nSPS) is 18.2. The summed E-state index contributed by atoms with van der Waals surface area (Å²) in [6, 6.07) is 12.1. The molecule has 3 heterocycles. The zero-order chi connectivity index (χ0) is 29.9. The first-order chi connectivity index (χ1) is 20.1. The van der Waals surface area contributed by atoms with Gasteiger partial charge >= 0.3 is 0 Å². The maximum absolute atomic E-state index is 16.2. The number of pyridine rings is 2. The Morgan fingerprint density at radius 3 is 2.45 bits per heavy atom. The number of halogens is 4. The third-order valence-corrected chi connectivity index (χ3v) is 8.62. The van der Waals surface area contributed by atoms with Gasteiger partial charge in [0.05, 0.1) is 11.3 Å². The van der Waals surface area contributed by atoms with Crippen molar-refractivity contribution in [3.63, 3.8) is 0 Å². The average molecular weight is 594 g/mol. The lowest BCUT2D eigenvalue weighted by Crippen LogP contribution is -2.51. The SMILES string of the molecule is Cc1cnc(-c2cccc(C(=O)N3CC(CO)C3)c2F)c(F)c1-n1c(C)cc([C@H]2C[C@@H]2c2ccc(F)cc2)c(Cl)c1=O. The van der Waals surface area contributed by atoms with Gasteiger partial charge in [-0.3, -0.25) is 19.1 Å². The van der Waals surface area contributed by atoms with Gasteiger partial charge in [0, 0.05) is 43.1 Å². The second kappa shape index (κ2) is 10.7. The van der Waals surface area contributed by atoms with Crippen LogP contribution in [0.25, 0.3) is 16.9 Å². The molecule has 0 unspecified atom stereocenters. The summed E-state index contributed by atoms with van der Waals surface area (Å²) in [4.78, 5) is 32.0. The van der Waals surface area contributed by atoms with Crippen molar-refractivity contribution in [3.8, 4) is 16.9 Å². The van der Waals surface area contributed by atoms with E-state index in [4.69, 9.17) is 11.6 Å². The molecule has 216 valence electrons. The van der Waals surface area contributed by atoms with Crippen LogP contribution in [0.15, 0.2) is 59.5 Å². The van der Waals surface area contributed by atoms with Crippen LogP contribution in [0.2, 0.25) is 5.02 Å². The maximum Gasteiger partial charge on any atom is 0.274 e. The van der Waals surface area contributed by atoms with Crippen LogP contribution < -0.4 is 5.56 Å². The molecule has 42 heavy (non-hydrogen) atoms. The van der Waals surface area contributed by atoms with Crippen molar-refractivity contribution in [2.75, 3.05) is 19.7 Å². The number of amides is 1. The van der Waals surface area contributed by atoms with Crippen molar-refractivity contribution in [2.45, 2.75) is 32.1 Å². The van der Waals surface area contributed by atoms with Crippen LogP contribution in [0.1, 0.15) is 51.0 Å². The number of aliphatic hydroxyl groups is 1. The lowest BCUT2D eigenvalue weighted by molar-refractivity contribution is 0.0358. The molecule has 1 saturated heterocycles. The second-order valence-corrected chi connectivity index (χ2v) is 11.5. The first-order valence-electron chi connectivity index (χ1n) is 13.6. The fraction of sp³-hybridized carbons (Fsp3) is 0.281. The number of benzene rings is 2. The minimum Gasteiger partial charge on any atom is -0.396 e. The Balaban J connectivity index is 1.37. The van der Waals surface area contributed by atoms with E-state index in [9.17, 15) is 19.1 Å². The van der Waals surface area contributed by atoms with Crippen LogP contribution >= 0.6 is 11.6 Å². The van der Waals surface area contributed by atoms with E-state index in [1.807, 2.05) is 0 Å². The zero-order valence-corrected chi connectivity index (χ0v) is 23.6. The summed E-state index contributed by atoms with van der Waals surface area (Å²) in [5, 5.41) is 9.20. The molecule has 2 aromatic carbocycles. The van der Waals surface area contributed by atoms with Crippen molar-refractivity contribution >= 4 is 17.5 Å². The number of likely N-dealkylation sites (tertiary alicyclic amines) is 1. The molecule has 0 radical (unpaired) electrons. The van der Waals surface area contributed by atoms with Gasteiger partial charge in [-0.15, -0.1) is 0 Å². The Bertz CT molecular complexity index is 1780. The zero-order valence-electron chi connectivity index (χ0n) is 22.9.